The van der Waals surface area contributed by atoms with Crippen LogP contribution in [0.4, 0.5) is 0 Å². The smallest absolute Gasteiger partial charge is 0.205 e. The lowest BCUT2D eigenvalue weighted by Gasteiger charge is -2.32. The van der Waals surface area contributed by atoms with Crippen LogP contribution in [-0.2, 0) is 4.74 Å². The molecule has 0 fully saturated rings. The second kappa shape index (κ2) is 5.63. The second-order valence-corrected chi connectivity index (χ2v) is 6.06. The lowest BCUT2D eigenvalue weighted by atomic mass is 9.81. The van der Waals surface area contributed by atoms with Crippen LogP contribution in [0, 0.1) is 11.3 Å². The van der Waals surface area contributed by atoms with Gasteiger partial charge in [0.15, 0.2) is 0 Å². The number of benzene rings is 2. The molecule has 4 nitrogen and oxygen atoms in total. The maximum Gasteiger partial charge on any atom is 0.205 e. The van der Waals surface area contributed by atoms with Crippen LogP contribution in [0.3, 0.4) is 0 Å². The minimum Gasteiger partial charge on any atom is -0.488 e. The first-order valence-electron chi connectivity index (χ1n) is 7.47. The van der Waals surface area contributed by atoms with E-state index in [-0.39, 0.29) is 11.8 Å². The van der Waals surface area contributed by atoms with E-state index < -0.39 is 0 Å². The van der Waals surface area contributed by atoms with Crippen LogP contribution in [0.2, 0.25) is 5.02 Å². The first-order valence-corrected chi connectivity index (χ1v) is 7.85. The third-order valence-electron chi connectivity index (χ3n) is 4.22. The Balaban J connectivity index is 1.93. The third kappa shape index (κ3) is 2.22. The van der Waals surface area contributed by atoms with Gasteiger partial charge in [-0.15, -0.1) is 0 Å². The SMILES string of the molecule is N#CC1=C(N)OC2=C(COc3ccccc32)C1c1cccc(Cl)c1. The fraction of sp³-hybridized carbons (Fsp3) is 0.105. The number of halogens is 1. The van der Waals surface area contributed by atoms with Crippen LogP contribution in [0.15, 0.2) is 65.6 Å². The van der Waals surface area contributed by atoms with Crippen molar-refractivity contribution in [3.05, 3.63) is 81.7 Å². The topological polar surface area (TPSA) is 68.3 Å². The number of para-hydroxylation sites is 1. The molecule has 0 aromatic heterocycles. The lowest BCUT2D eigenvalue weighted by Crippen LogP contribution is -2.26. The Kier molecular flexibility index (Phi) is 3.44. The van der Waals surface area contributed by atoms with Crippen LogP contribution in [0.5, 0.6) is 5.75 Å². The lowest BCUT2D eigenvalue weighted by molar-refractivity contribution is 0.294. The van der Waals surface area contributed by atoms with Crippen molar-refractivity contribution in [1.82, 2.24) is 0 Å². The first-order chi connectivity index (χ1) is 11.7. The van der Waals surface area contributed by atoms with Crippen LogP contribution in [-0.4, -0.2) is 6.61 Å². The first kappa shape index (κ1) is 14.7. The molecule has 5 heteroatoms. The molecule has 0 amide bonds. The number of fused-ring (bicyclic) bond motifs is 2. The predicted octanol–water partition coefficient (Wildman–Crippen LogP) is 3.95. The van der Waals surface area contributed by atoms with Gasteiger partial charge >= 0.3 is 0 Å². The summed E-state index contributed by atoms with van der Waals surface area (Å²) in [6.45, 7) is 0.335. The molecular formula is C19H13ClN2O2. The Morgan fingerprint density at radius 3 is 2.79 bits per heavy atom. The summed E-state index contributed by atoms with van der Waals surface area (Å²) < 4.78 is 11.7. The van der Waals surface area contributed by atoms with Crippen LogP contribution < -0.4 is 10.5 Å². The molecular weight excluding hydrogens is 324 g/mol. The summed E-state index contributed by atoms with van der Waals surface area (Å²) in [5.74, 6) is 1.20. The maximum absolute atomic E-state index is 9.58. The molecule has 2 aromatic carbocycles. The summed E-state index contributed by atoms with van der Waals surface area (Å²) in [7, 11) is 0. The molecule has 0 radical (unpaired) electrons. The van der Waals surface area contributed by atoms with E-state index in [0.29, 0.717) is 23.0 Å². The standard InChI is InChI=1S/C19H13ClN2O2/c20-12-5-3-4-11(8-12)17-14(9-21)19(22)24-18-13-6-1-2-7-16(13)23-10-15(17)18/h1-8,17H,10,22H2. The zero-order chi connectivity index (χ0) is 16.7. The van der Waals surface area contributed by atoms with Crippen LogP contribution in [0.25, 0.3) is 5.76 Å². The van der Waals surface area contributed by atoms with E-state index >= 15 is 0 Å². The van der Waals surface area contributed by atoms with Crippen molar-refractivity contribution in [1.29, 1.82) is 5.26 Å². The number of hydrogen-bond donors (Lipinski definition) is 1. The van der Waals surface area contributed by atoms with Crippen molar-refractivity contribution in [3.63, 3.8) is 0 Å². The molecule has 24 heavy (non-hydrogen) atoms. The van der Waals surface area contributed by atoms with E-state index in [1.165, 1.54) is 0 Å². The highest BCUT2D eigenvalue weighted by Gasteiger charge is 2.36. The highest BCUT2D eigenvalue weighted by Crippen LogP contribution is 2.46. The highest BCUT2D eigenvalue weighted by atomic mass is 35.5. The van der Waals surface area contributed by atoms with Crippen molar-refractivity contribution in [2.45, 2.75) is 5.92 Å². The van der Waals surface area contributed by atoms with E-state index in [2.05, 4.69) is 6.07 Å². The molecule has 4 rings (SSSR count). The van der Waals surface area contributed by atoms with Gasteiger partial charge in [0.1, 0.15) is 29.8 Å². The molecule has 2 aliphatic heterocycles. The molecule has 118 valence electrons. The molecule has 0 bridgehead atoms. The number of rotatable bonds is 1. The molecule has 2 aliphatic rings. The normalized spacial score (nSPS) is 18.9. The third-order valence-corrected chi connectivity index (χ3v) is 4.46. The van der Waals surface area contributed by atoms with Gasteiger partial charge in [0.2, 0.25) is 5.88 Å². The fourth-order valence-electron chi connectivity index (χ4n) is 3.16. The van der Waals surface area contributed by atoms with Gasteiger partial charge in [-0.3, -0.25) is 0 Å². The van der Waals surface area contributed by atoms with Crippen LogP contribution in [0.1, 0.15) is 17.0 Å². The van der Waals surface area contributed by atoms with Crippen molar-refractivity contribution in [2.24, 2.45) is 5.73 Å². The second-order valence-electron chi connectivity index (χ2n) is 5.62. The summed E-state index contributed by atoms with van der Waals surface area (Å²) in [6.07, 6.45) is 0. The number of allylic oxidation sites excluding steroid dienone is 1. The van der Waals surface area contributed by atoms with Gasteiger partial charge in [0, 0.05) is 10.6 Å². The summed E-state index contributed by atoms with van der Waals surface area (Å²) >= 11 is 6.14. The average Bonchev–Trinajstić information content (AvgIpc) is 2.60. The number of nitriles is 1. The van der Waals surface area contributed by atoms with Crippen LogP contribution >= 0.6 is 11.6 Å². The largest absolute Gasteiger partial charge is 0.488 e. The van der Waals surface area contributed by atoms with Gasteiger partial charge in [-0.25, -0.2) is 0 Å². The van der Waals surface area contributed by atoms with Crippen molar-refractivity contribution in [3.8, 4) is 11.8 Å². The van der Waals surface area contributed by atoms with Crippen molar-refractivity contribution >= 4 is 17.4 Å². The van der Waals surface area contributed by atoms with Gasteiger partial charge < -0.3 is 15.2 Å². The Labute approximate surface area is 144 Å². The monoisotopic (exact) mass is 336 g/mol. The Morgan fingerprint density at radius 1 is 1.17 bits per heavy atom. The van der Waals surface area contributed by atoms with Crippen molar-refractivity contribution < 1.29 is 9.47 Å². The molecule has 0 spiro atoms. The Morgan fingerprint density at radius 2 is 2.00 bits per heavy atom. The van der Waals surface area contributed by atoms with Gasteiger partial charge in [0.25, 0.3) is 0 Å². The summed E-state index contributed by atoms with van der Waals surface area (Å²) in [5, 5.41) is 10.2. The summed E-state index contributed by atoms with van der Waals surface area (Å²) in [6, 6.07) is 17.2. The number of nitrogens with zero attached hydrogens (tertiary/aromatic N) is 1. The molecule has 1 unspecified atom stereocenters. The molecule has 2 aromatic rings. The zero-order valence-corrected chi connectivity index (χ0v) is 13.4. The van der Waals surface area contributed by atoms with E-state index in [0.717, 1.165) is 22.4 Å². The Bertz CT molecular complexity index is 940. The predicted molar refractivity (Wildman–Crippen MR) is 91.0 cm³/mol. The number of nitrogens with two attached hydrogens (primary N) is 1. The minimum absolute atomic E-state index is 0.123. The Hall–Kier alpha value is -2.90. The molecule has 2 N–H and O–H groups in total. The van der Waals surface area contributed by atoms with Gasteiger partial charge in [0.05, 0.1) is 11.5 Å². The van der Waals surface area contributed by atoms with E-state index in [9.17, 15) is 5.26 Å². The van der Waals surface area contributed by atoms with E-state index in [1.807, 2.05) is 42.5 Å². The average molecular weight is 337 g/mol. The molecule has 1 atom stereocenters. The highest BCUT2D eigenvalue weighted by molar-refractivity contribution is 6.30. The van der Waals surface area contributed by atoms with E-state index in [4.69, 9.17) is 26.8 Å². The number of ether oxygens (including phenoxy) is 2. The summed E-state index contributed by atoms with van der Waals surface area (Å²) in [5.41, 5.74) is 9.03. The molecule has 0 saturated heterocycles. The quantitative estimate of drug-likeness (QED) is 0.856. The minimum atomic E-state index is -0.328. The van der Waals surface area contributed by atoms with Crippen molar-refractivity contribution in [2.75, 3.05) is 6.61 Å². The summed E-state index contributed by atoms with van der Waals surface area (Å²) in [4.78, 5) is 0. The molecule has 0 saturated carbocycles. The number of hydrogen-bond acceptors (Lipinski definition) is 4. The van der Waals surface area contributed by atoms with Gasteiger partial charge in [-0.1, -0.05) is 35.9 Å². The maximum atomic E-state index is 9.58. The fourth-order valence-corrected chi connectivity index (χ4v) is 3.36. The molecule has 0 aliphatic carbocycles. The zero-order valence-electron chi connectivity index (χ0n) is 12.6. The molecule has 2 heterocycles. The van der Waals surface area contributed by atoms with Gasteiger partial charge in [-0.2, -0.15) is 5.26 Å². The van der Waals surface area contributed by atoms with E-state index in [1.54, 1.807) is 6.07 Å². The van der Waals surface area contributed by atoms with Gasteiger partial charge in [-0.05, 0) is 29.8 Å².